The van der Waals surface area contributed by atoms with Crippen LogP contribution >= 0.6 is 0 Å². The van der Waals surface area contributed by atoms with Gasteiger partial charge in [-0.05, 0) is 50.0 Å². The van der Waals surface area contributed by atoms with E-state index in [2.05, 4.69) is 10.3 Å². The summed E-state index contributed by atoms with van der Waals surface area (Å²) in [4.78, 5) is 4.53. The largest absolute Gasteiger partial charge is 0.495 e. The van der Waals surface area contributed by atoms with Crippen molar-refractivity contribution in [3.63, 3.8) is 0 Å². The summed E-state index contributed by atoms with van der Waals surface area (Å²) in [6, 6.07) is 8.04. The van der Waals surface area contributed by atoms with Crippen molar-refractivity contribution in [3.8, 4) is 0 Å². The number of hydrogen-bond acceptors (Lipinski definition) is 5. The molecule has 1 aliphatic rings. The number of fused-ring (bicyclic) bond motifs is 1. The zero-order valence-corrected chi connectivity index (χ0v) is 15.4. The van der Waals surface area contributed by atoms with Gasteiger partial charge in [-0.1, -0.05) is 18.2 Å². The molecule has 1 fully saturated rings. The molecule has 130 valence electrons. The predicted molar refractivity (Wildman–Crippen MR) is 103 cm³/mol. The first-order valence-corrected chi connectivity index (χ1v) is 8.41. The summed E-state index contributed by atoms with van der Waals surface area (Å²) in [5, 5.41) is 12.5. The van der Waals surface area contributed by atoms with Gasteiger partial charge in [0.15, 0.2) is 0 Å². The summed E-state index contributed by atoms with van der Waals surface area (Å²) in [7, 11) is 1.39. The third-order valence-electron chi connectivity index (χ3n) is 5.06. The second-order valence-electron chi connectivity index (χ2n) is 7.26. The van der Waals surface area contributed by atoms with E-state index in [1.807, 2.05) is 58.2 Å². The molecule has 6 heteroatoms. The summed E-state index contributed by atoms with van der Waals surface area (Å²) in [6.45, 7) is 8.20. The van der Waals surface area contributed by atoms with Gasteiger partial charge in [-0.15, -0.1) is 0 Å². The highest BCUT2D eigenvalue weighted by molar-refractivity contribution is 6.65. The monoisotopic (exact) mass is 337 g/mol. The van der Waals surface area contributed by atoms with Crippen LogP contribution in [0.3, 0.4) is 0 Å². The molecule has 1 aromatic heterocycles. The molecule has 0 amide bonds. The Balaban J connectivity index is 2.05. The average molecular weight is 337 g/mol. The second kappa shape index (κ2) is 6.28. The zero-order valence-electron chi connectivity index (χ0n) is 15.4. The van der Waals surface area contributed by atoms with Crippen molar-refractivity contribution in [2.24, 2.45) is 0 Å². The van der Waals surface area contributed by atoms with Crippen LogP contribution in [-0.4, -0.2) is 36.6 Å². The average Bonchev–Trinajstić information content (AvgIpc) is 2.79. The maximum atomic E-state index is 7.56. The normalized spacial score (nSPS) is 19.2. The van der Waals surface area contributed by atoms with Crippen molar-refractivity contribution < 1.29 is 9.31 Å². The van der Waals surface area contributed by atoms with Crippen molar-refractivity contribution in [2.45, 2.75) is 38.9 Å². The minimum absolute atomic E-state index is 0.379. The minimum atomic E-state index is -0.420. The number of rotatable bonds is 4. The Morgan fingerprint density at radius 3 is 2.48 bits per heavy atom. The Labute approximate surface area is 149 Å². The number of aromatic nitrogens is 1. The van der Waals surface area contributed by atoms with Crippen LogP contribution in [0, 0.1) is 5.41 Å². The second-order valence-corrected chi connectivity index (χ2v) is 7.26. The molecule has 1 aliphatic heterocycles. The number of pyridine rings is 1. The maximum absolute atomic E-state index is 7.56. The molecule has 5 nitrogen and oxygen atoms in total. The van der Waals surface area contributed by atoms with Gasteiger partial charge in [-0.25, -0.2) is 0 Å². The molecule has 0 atom stereocenters. The molecule has 1 aromatic carbocycles. The molecule has 1 saturated heterocycles. The summed E-state index contributed by atoms with van der Waals surface area (Å²) >= 11 is 0. The lowest BCUT2D eigenvalue weighted by Gasteiger charge is -2.32. The molecule has 25 heavy (non-hydrogen) atoms. The molecule has 0 saturated carbocycles. The van der Waals surface area contributed by atoms with E-state index >= 15 is 0 Å². The van der Waals surface area contributed by atoms with E-state index in [4.69, 9.17) is 14.7 Å². The molecule has 2 aromatic rings. The predicted octanol–water partition coefficient (Wildman–Crippen LogP) is 2.74. The third kappa shape index (κ3) is 3.07. The fourth-order valence-corrected chi connectivity index (χ4v) is 2.87. The SMILES string of the molecule is CN/C=C(\C=N)c1cc2cccc(B3OC(C)(C)C(C)(C)O3)c2cn1. The quantitative estimate of drug-likeness (QED) is 0.665. The van der Waals surface area contributed by atoms with Gasteiger partial charge in [-0.2, -0.15) is 0 Å². The Hall–Kier alpha value is -2.18. The number of nitrogens with zero attached hydrogens (tertiary/aromatic N) is 1. The summed E-state index contributed by atoms with van der Waals surface area (Å²) in [5.74, 6) is 0. The van der Waals surface area contributed by atoms with Crippen LogP contribution in [0.5, 0.6) is 0 Å². The van der Waals surface area contributed by atoms with Gasteiger partial charge >= 0.3 is 7.12 Å². The van der Waals surface area contributed by atoms with Crippen molar-refractivity contribution in [3.05, 3.63) is 42.4 Å². The van der Waals surface area contributed by atoms with E-state index < -0.39 is 7.12 Å². The van der Waals surface area contributed by atoms with Crippen LogP contribution < -0.4 is 10.8 Å². The van der Waals surface area contributed by atoms with Crippen LogP contribution in [0.2, 0.25) is 0 Å². The minimum Gasteiger partial charge on any atom is -0.399 e. The van der Waals surface area contributed by atoms with Gasteiger partial charge in [0.2, 0.25) is 0 Å². The summed E-state index contributed by atoms with van der Waals surface area (Å²) in [6.07, 6.45) is 4.89. The first-order valence-electron chi connectivity index (χ1n) is 8.41. The van der Waals surface area contributed by atoms with Gasteiger partial charge in [0.25, 0.3) is 0 Å². The molecule has 0 aliphatic carbocycles. The molecular weight excluding hydrogens is 313 g/mol. The van der Waals surface area contributed by atoms with E-state index in [1.54, 1.807) is 13.2 Å². The highest BCUT2D eigenvalue weighted by Gasteiger charge is 2.52. The van der Waals surface area contributed by atoms with E-state index in [1.165, 1.54) is 6.21 Å². The number of allylic oxidation sites excluding steroid dienone is 1. The van der Waals surface area contributed by atoms with Crippen molar-refractivity contribution in [1.82, 2.24) is 10.3 Å². The zero-order chi connectivity index (χ0) is 18.2. The number of benzene rings is 1. The highest BCUT2D eigenvalue weighted by atomic mass is 16.7. The van der Waals surface area contributed by atoms with E-state index in [-0.39, 0.29) is 11.2 Å². The summed E-state index contributed by atoms with van der Waals surface area (Å²) in [5.41, 5.74) is 1.70. The van der Waals surface area contributed by atoms with Gasteiger partial charge in [0.05, 0.1) is 16.9 Å². The topological polar surface area (TPSA) is 67.2 Å². The Kier molecular flexibility index (Phi) is 4.43. The number of hydrogen-bond donors (Lipinski definition) is 2. The summed E-state index contributed by atoms with van der Waals surface area (Å²) < 4.78 is 12.4. The molecule has 0 radical (unpaired) electrons. The smallest absolute Gasteiger partial charge is 0.399 e. The van der Waals surface area contributed by atoms with Gasteiger partial charge in [0.1, 0.15) is 0 Å². The molecular formula is C19H24BN3O2. The van der Waals surface area contributed by atoms with E-state index in [9.17, 15) is 0 Å². The van der Waals surface area contributed by atoms with Crippen LogP contribution in [0.25, 0.3) is 16.3 Å². The van der Waals surface area contributed by atoms with Gasteiger partial charge < -0.3 is 20.0 Å². The lowest BCUT2D eigenvalue weighted by atomic mass is 9.76. The molecule has 2 N–H and O–H groups in total. The lowest BCUT2D eigenvalue weighted by molar-refractivity contribution is 0.00578. The first-order chi connectivity index (χ1) is 11.8. The fraction of sp³-hybridized carbons (Fsp3) is 0.368. The highest BCUT2D eigenvalue weighted by Crippen LogP contribution is 2.37. The van der Waals surface area contributed by atoms with Gasteiger partial charge in [0, 0.05) is 31.2 Å². The van der Waals surface area contributed by atoms with E-state index in [0.29, 0.717) is 0 Å². The molecule has 2 heterocycles. The Bertz CT molecular complexity index is 830. The number of nitrogens with one attached hydrogen (secondary N) is 2. The van der Waals surface area contributed by atoms with E-state index in [0.717, 1.165) is 27.5 Å². The fourth-order valence-electron chi connectivity index (χ4n) is 2.87. The van der Waals surface area contributed by atoms with Crippen LogP contribution in [0.1, 0.15) is 33.4 Å². The third-order valence-corrected chi connectivity index (χ3v) is 5.06. The first kappa shape index (κ1) is 17.6. The maximum Gasteiger partial charge on any atom is 0.495 e. The van der Waals surface area contributed by atoms with Crippen molar-refractivity contribution in [2.75, 3.05) is 7.05 Å². The van der Waals surface area contributed by atoms with Gasteiger partial charge in [-0.3, -0.25) is 4.98 Å². The molecule has 0 unspecified atom stereocenters. The van der Waals surface area contributed by atoms with Crippen LogP contribution in [-0.2, 0) is 9.31 Å². The van der Waals surface area contributed by atoms with Crippen molar-refractivity contribution >= 4 is 35.1 Å². The van der Waals surface area contributed by atoms with Crippen molar-refractivity contribution in [1.29, 1.82) is 5.41 Å². The Morgan fingerprint density at radius 2 is 1.88 bits per heavy atom. The standard InChI is InChI=1S/C19H24BN3O2/c1-18(2)19(3,4)25-20(24-18)16-8-6-7-13-9-17(23-12-15(13)16)14(10-21)11-22-5/h6-12,21-22H,1-5H3/b14-11+,21-10?. The molecule has 0 bridgehead atoms. The van der Waals surface area contributed by atoms with Crippen LogP contribution in [0.4, 0.5) is 0 Å². The molecule has 3 rings (SSSR count). The van der Waals surface area contributed by atoms with Crippen LogP contribution in [0.15, 0.2) is 36.7 Å². The lowest BCUT2D eigenvalue weighted by Crippen LogP contribution is -2.41. The Morgan fingerprint density at radius 1 is 1.20 bits per heavy atom. The molecule has 0 spiro atoms.